The Hall–Kier alpha value is -2.44. The minimum atomic E-state index is -3.28. The van der Waals surface area contributed by atoms with Crippen molar-refractivity contribution < 1.29 is 8.42 Å². The molecule has 0 saturated heterocycles. The summed E-state index contributed by atoms with van der Waals surface area (Å²) in [5.41, 5.74) is 2.70. The molecule has 0 atom stereocenters. The number of hydrogen-bond donors (Lipinski definition) is 0. The zero-order chi connectivity index (χ0) is 22.0. The van der Waals surface area contributed by atoms with E-state index in [9.17, 15) is 13.2 Å². The SMILES string of the molecule is CS(=O)(=O)c1ccc(-c2cnn(-c3cccc(Cl)c3)c(=O)c2CCC2CCCC2)cc1. The molecule has 0 bridgehead atoms. The van der Waals surface area contributed by atoms with Crippen LogP contribution in [-0.2, 0) is 16.3 Å². The number of sulfone groups is 1. The maximum absolute atomic E-state index is 13.5. The van der Waals surface area contributed by atoms with Gasteiger partial charge in [-0.3, -0.25) is 4.79 Å². The summed E-state index contributed by atoms with van der Waals surface area (Å²) in [5, 5.41) is 4.95. The lowest BCUT2D eigenvalue weighted by Crippen LogP contribution is -2.26. The Morgan fingerprint density at radius 2 is 1.81 bits per heavy atom. The first-order valence-electron chi connectivity index (χ1n) is 10.5. The van der Waals surface area contributed by atoms with Gasteiger partial charge in [0, 0.05) is 22.4 Å². The number of nitrogens with zero attached hydrogens (tertiary/aromatic N) is 2. The predicted octanol–water partition coefficient (Wildman–Crippen LogP) is 5.08. The number of hydrogen-bond acceptors (Lipinski definition) is 4. The van der Waals surface area contributed by atoms with E-state index < -0.39 is 9.84 Å². The smallest absolute Gasteiger partial charge is 0.267 e. The summed E-state index contributed by atoms with van der Waals surface area (Å²) >= 11 is 6.12. The van der Waals surface area contributed by atoms with Gasteiger partial charge in [-0.25, -0.2) is 8.42 Å². The van der Waals surface area contributed by atoms with Crippen LogP contribution < -0.4 is 5.56 Å². The fourth-order valence-electron chi connectivity index (χ4n) is 4.30. The molecular weight excluding hydrogens is 432 g/mol. The fraction of sp³-hybridized carbons (Fsp3) is 0.333. The molecule has 0 amide bonds. The second-order valence-electron chi connectivity index (χ2n) is 8.22. The third-order valence-electron chi connectivity index (χ3n) is 6.00. The van der Waals surface area contributed by atoms with E-state index >= 15 is 0 Å². The Bertz CT molecular complexity index is 1240. The maximum Gasteiger partial charge on any atom is 0.275 e. The van der Waals surface area contributed by atoms with Crippen LogP contribution in [0.3, 0.4) is 0 Å². The van der Waals surface area contributed by atoms with Gasteiger partial charge in [0.2, 0.25) is 0 Å². The summed E-state index contributed by atoms with van der Waals surface area (Å²) in [5.74, 6) is 0.646. The Labute approximate surface area is 187 Å². The van der Waals surface area contributed by atoms with E-state index in [1.807, 2.05) is 6.07 Å². The van der Waals surface area contributed by atoms with Gasteiger partial charge in [0.05, 0.1) is 16.8 Å². The van der Waals surface area contributed by atoms with E-state index in [2.05, 4.69) is 5.10 Å². The van der Waals surface area contributed by atoms with E-state index in [4.69, 9.17) is 11.6 Å². The highest BCUT2D eigenvalue weighted by atomic mass is 35.5. The van der Waals surface area contributed by atoms with E-state index in [1.165, 1.54) is 36.6 Å². The molecule has 5 nitrogen and oxygen atoms in total. The van der Waals surface area contributed by atoms with E-state index in [0.29, 0.717) is 28.6 Å². The summed E-state index contributed by atoms with van der Waals surface area (Å²) in [4.78, 5) is 13.7. The first-order valence-corrected chi connectivity index (χ1v) is 12.8. The van der Waals surface area contributed by atoms with Crippen molar-refractivity contribution in [2.45, 2.75) is 43.4 Å². The van der Waals surface area contributed by atoms with Crippen LogP contribution in [-0.4, -0.2) is 24.5 Å². The molecule has 1 aliphatic rings. The van der Waals surface area contributed by atoms with Gasteiger partial charge in [-0.2, -0.15) is 9.78 Å². The van der Waals surface area contributed by atoms with Crippen molar-refractivity contribution in [3.8, 4) is 16.8 Å². The molecule has 2 aromatic carbocycles. The standard InChI is InChI=1S/C24H25ClN2O3S/c1-31(29,30)21-12-10-18(11-13-21)23-16-26-27(20-8-4-7-19(25)15-20)24(28)22(23)14-9-17-5-2-3-6-17/h4,7-8,10-13,15-17H,2-3,5-6,9,14H2,1H3. The van der Waals surface area contributed by atoms with Crippen molar-refractivity contribution in [3.63, 3.8) is 0 Å². The molecule has 1 heterocycles. The second kappa shape index (κ2) is 8.97. The summed E-state index contributed by atoms with van der Waals surface area (Å²) in [7, 11) is -3.28. The molecule has 1 saturated carbocycles. The van der Waals surface area contributed by atoms with Crippen LogP contribution in [0.4, 0.5) is 0 Å². The molecule has 0 radical (unpaired) electrons. The molecule has 4 rings (SSSR count). The maximum atomic E-state index is 13.5. The van der Waals surface area contributed by atoms with Crippen molar-refractivity contribution in [1.82, 2.24) is 9.78 Å². The van der Waals surface area contributed by atoms with Gasteiger partial charge < -0.3 is 0 Å². The molecule has 31 heavy (non-hydrogen) atoms. The highest BCUT2D eigenvalue weighted by molar-refractivity contribution is 7.90. The molecule has 162 valence electrons. The normalized spacial score (nSPS) is 14.8. The van der Waals surface area contributed by atoms with Crippen LogP contribution >= 0.6 is 11.6 Å². The molecule has 0 aliphatic heterocycles. The van der Waals surface area contributed by atoms with Crippen LogP contribution in [0.5, 0.6) is 0 Å². The largest absolute Gasteiger partial charge is 0.275 e. The molecule has 3 aromatic rings. The molecular formula is C24H25ClN2O3S. The monoisotopic (exact) mass is 456 g/mol. The lowest BCUT2D eigenvalue weighted by atomic mass is 9.94. The Morgan fingerprint density at radius 1 is 1.10 bits per heavy atom. The molecule has 0 spiro atoms. The van der Waals surface area contributed by atoms with Gasteiger partial charge in [-0.1, -0.05) is 55.5 Å². The first kappa shape index (κ1) is 21.8. The number of benzene rings is 2. The lowest BCUT2D eigenvalue weighted by molar-refractivity contribution is 0.502. The van der Waals surface area contributed by atoms with Gasteiger partial charge in [0.25, 0.3) is 5.56 Å². The highest BCUT2D eigenvalue weighted by Gasteiger charge is 2.19. The topological polar surface area (TPSA) is 69.0 Å². The predicted molar refractivity (Wildman–Crippen MR) is 124 cm³/mol. The third kappa shape index (κ3) is 4.91. The van der Waals surface area contributed by atoms with E-state index in [0.717, 1.165) is 17.5 Å². The number of rotatable bonds is 6. The van der Waals surface area contributed by atoms with Crippen molar-refractivity contribution >= 4 is 21.4 Å². The summed E-state index contributed by atoms with van der Waals surface area (Å²) in [6.45, 7) is 0. The van der Waals surface area contributed by atoms with Crippen LogP contribution in [0.15, 0.2) is 64.4 Å². The van der Waals surface area contributed by atoms with Gasteiger partial charge in [0.15, 0.2) is 9.84 Å². The number of aromatic nitrogens is 2. The zero-order valence-electron chi connectivity index (χ0n) is 17.4. The average molecular weight is 457 g/mol. The van der Waals surface area contributed by atoms with Crippen LogP contribution in [0.25, 0.3) is 16.8 Å². The summed E-state index contributed by atoms with van der Waals surface area (Å²) < 4.78 is 25.0. The minimum Gasteiger partial charge on any atom is -0.267 e. The fourth-order valence-corrected chi connectivity index (χ4v) is 5.12. The minimum absolute atomic E-state index is 0.162. The van der Waals surface area contributed by atoms with Gasteiger partial charge >= 0.3 is 0 Å². The van der Waals surface area contributed by atoms with Gasteiger partial charge in [0.1, 0.15) is 0 Å². The number of halogens is 1. The summed E-state index contributed by atoms with van der Waals surface area (Å²) in [6, 6.07) is 13.7. The van der Waals surface area contributed by atoms with Crippen molar-refractivity contribution in [3.05, 3.63) is 75.7 Å². The molecule has 1 aromatic heterocycles. The first-order chi connectivity index (χ1) is 14.8. The van der Waals surface area contributed by atoms with E-state index in [-0.39, 0.29) is 10.5 Å². The van der Waals surface area contributed by atoms with Crippen LogP contribution in [0.2, 0.25) is 5.02 Å². The van der Waals surface area contributed by atoms with E-state index in [1.54, 1.807) is 48.7 Å². The van der Waals surface area contributed by atoms with Crippen molar-refractivity contribution in [2.24, 2.45) is 5.92 Å². The van der Waals surface area contributed by atoms with Gasteiger partial charge in [-0.05, 0) is 54.7 Å². The average Bonchev–Trinajstić information content (AvgIpc) is 3.26. The zero-order valence-corrected chi connectivity index (χ0v) is 19.0. The Balaban J connectivity index is 1.78. The summed E-state index contributed by atoms with van der Waals surface area (Å²) in [6.07, 6.45) is 9.45. The lowest BCUT2D eigenvalue weighted by Gasteiger charge is -2.15. The van der Waals surface area contributed by atoms with Crippen molar-refractivity contribution in [1.29, 1.82) is 0 Å². The molecule has 7 heteroatoms. The van der Waals surface area contributed by atoms with Gasteiger partial charge in [-0.15, -0.1) is 0 Å². The molecule has 1 aliphatic carbocycles. The molecule has 0 unspecified atom stereocenters. The Morgan fingerprint density at radius 3 is 2.45 bits per heavy atom. The second-order valence-corrected chi connectivity index (χ2v) is 10.7. The van der Waals surface area contributed by atoms with Crippen molar-refractivity contribution in [2.75, 3.05) is 6.26 Å². The third-order valence-corrected chi connectivity index (χ3v) is 7.37. The highest BCUT2D eigenvalue weighted by Crippen LogP contribution is 2.30. The molecule has 1 fully saturated rings. The van der Waals surface area contributed by atoms with Crippen LogP contribution in [0, 0.1) is 5.92 Å². The van der Waals surface area contributed by atoms with Crippen LogP contribution in [0.1, 0.15) is 37.7 Å². The molecule has 0 N–H and O–H groups in total. The Kier molecular flexibility index (Phi) is 6.30. The quantitative estimate of drug-likeness (QED) is 0.518.